The van der Waals surface area contributed by atoms with Crippen molar-refractivity contribution in [2.24, 2.45) is 5.41 Å². The number of fused-ring (bicyclic) bond motifs is 5. The second-order valence-electron chi connectivity index (χ2n) is 11.2. The van der Waals surface area contributed by atoms with Gasteiger partial charge in [0.2, 0.25) is 0 Å². The molecule has 0 unspecified atom stereocenters. The Kier molecular flexibility index (Phi) is 5.99. The van der Waals surface area contributed by atoms with Crippen LogP contribution in [-0.2, 0) is 21.8 Å². The van der Waals surface area contributed by atoms with Gasteiger partial charge in [-0.05, 0) is 60.1 Å². The van der Waals surface area contributed by atoms with Crippen LogP contribution in [0.3, 0.4) is 0 Å². The maximum Gasteiger partial charge on any atom is 0.251 e. The Morgan fingerprint density at radius 2 is 1.82 bits per heavy atom. The molecule has 2 atom stereocenters. The van der Waals surface area contributed by atoms with Crippen molar-refractivity contribution in [3.63, 3.8) is 0 Å². The Hall–Kier alpha value is -3.86. The second kappa shape index (κ2) is 9.09. The first-order chi connectivity index (χ1) is 18.9. The van der Waals surface area contributed by atoms with Crippen molar-refractivity contribution in [3.8, 4) is 22.6 Å². The summed E-state index contributed by atoms with van der Waals surface area (Å²) in [5.41, 5.74) is 1.61. The number of hydrogen-bond acceptors (Lipinski definition) is 7. The van der Waals surface area contributed by atoms with Crippen LogP contribution >= 0.6 is 0 Å². The molecule has 3 heterocycles. The predicted octanol–water partition coefficient (Wildman–Crippen LogP) is 4.29. The van der Waals surface area contributed by atoms with Crippen LogP contribution in [-0.4, -0.2) is 45.2 Å². The first kappa shape index (κ1) is 26.4. The summed E-state index contributed by atoms with van der Waals surface area (Å²) in [6.07, 6.45) is 5.95. The van der Waals surface area contributed by atoms with Crippen LogP contribution in [0.15, 0.2) is 59.7 Å². The number of halogens is 2. The smallest absolute Gasteiger partial charge is 0.251 e. The summed E-state index contributed by atoms with van der Waals surface area (Å²) in [6.45, 7) is 4.37. The van der Waals surface area contributed by atoms with Crippen LogP contribution < -0.4 is 5.56 Å². The van der Waals surface area contributed by atoms with E-state index >= 15 is 0 Å². The molecular weight excluding hydrogens is 536 g/mol. The van der Waals surface area contributed by atoms with E-state index in [2.05, 4.69) is 29.0 Å². The Bertz CT molecular complexity index is 1820. The predicted molar refractivity (Wildman–Crippen MR) is 145 cm³/mol. The van der Waals surface area contributed by atoms with Gasteiger partial charge in [-0.1, -0.05) is 19.9 Å². The molecule has 0 aliphatic heterocycles. The van der Waals surface area contributed by atoms with Gasteiger partial charge >= 0.3 is 0 Å². The summed E-state index contributed by atoms with van der Waals surface area (Å²) in [4.78, 5) is 22.0. The Balaban J connectivity index is 1.42. The van der Waals surface area contributed by atoms with Gasteiger partial charge in [0.1, 0.15) is 21.5 Å². The third kappa shape index (κ3) is 3.97. The number of rotatable bonds is 6. The molecular formula is C29H27F2N5O3S. The number of nitrogens with zero attached hydrogens (tertiary/aromatic N) is 5. The van der Waals surface area contributed by atoms with Gasteiger partial charge in [0.05, 0.1) is 33.8 Å². The minimum Gasteiger partial charge on any atom is -0.314 e. The van der Waals surface area contributed by atoms with E-state index in [4.69, 9.17) is 4.98 Å². The van der Waals surface area contributed by atoms with Crippen molar-refractivity contribution in [1.82, 2.24) is 24.7 Å². The number of aromatic nitrogens is 5. The van der Waals surface area contributed by atoms with Gasteiger partial charge in [0, 0.05) is 36.8 Å². The molecule has 0 saturated heterocycles. The quantitative estimate of drug-likeness (QED) is 0.344. The molecule has 2 bridgehead atoms. The molecule has 1 saturated carbocycles. The van der Waals surface area contributed by atoms with E-state index in [0.717, 1.165) is 36.0 Å². The van der Waals surface area contributed by atoms with Crippen molar-refractivity contribution in [2.75, 3.05) is 12.0 Å². The number of hydrogen-bond donors (Lipinski definition) is 0. The topological polar surface area (TPSA) is 108 Å². The lowest BCUT2D eigenvalue weighted by Gasteiger charge is -2.37. The van der Waals surface area contributed by atoms with Crippen molar-refractivity contribution < 1.29 is 17.2 Å². The number of aryl methyl sites for hydroxylation is 1. The van der Waals surface area contributed by atoms with E-state index in [1.54, 1.807) is 24.5 Å². The highest BCUT2D eigenvalue weighted by atomic mass is 32.2. The monoisotopic (exact) mass is 563 g/mol. The Morgan fingerprint density at radius 1 is 1.07 bits per heavy atom. The van der Waals surface area contributed by atoms with Crippen molar-refractivity contribution >= 4 is 9.84 Å². The third-order valence-electron chi connectivity index (χ3n) is 8.65. The van der Waals surface area contributed by atoms with Gasteiger partial charge in [-0.2, -0.15) is 5.10 Å². The van der Waals surface area contributed by atoms with Crippen LogP contribution in [0, 0.1) is 17.0 Å². The zero-order valence-electron chi connectivity index (χ0n) is 22.2. The van der Waals surface area contributed by atoms with Crippen LogP contribution in [0.2, 0.25) is 0 Å². The average Bonchev–Trinajstić information content (AvgIpc) is 3.28. The van der Waals surface area contributed by atoms with Crippen LogP contribution in [0.5, 0.6) is 0 Å². The lowest BCUT2D eigenvalue weighted by atomic mass is 9.66. The molecule has 1 fully saturated rings. The molecule has 6 rings (SSSR count). The fourth-order valence-corrected chi connectivity index (χ4v) is 7.12. The highest BCUT2D eigenvalue weighted by molar-refractivity contribution is 7.90. The third-order valence-corrected chi connectivity index (χ3v) is 9.58. The van der Waals surface area contributed by atoms with E-state index in [1.165, 1.54) is 28.8 Å². The van der Waals surface area contributed by atoms with Gasteiger partial charge < -0.3 is 4.57 Å². The van der Waals surface area contributed by atoms with Gasteiger partial charge in [-0.3, -0.25) is 4.79 Å². The van der Waals surface area contributed by atoms with Crippen LogP contribution in [0.1, 0.15) is 49.6 Å². The summed E-state index contributed by atoms with van der Waals surface area (Å²) in [5, 5.41) is 8.84. The van der Waals surface area contributed by atoms with Crippen LogP contribution in [0.4, 0.5) is 8.78 Å². The lowest BCUT2D eigenvalue weighted by molar-refractivity contribution is 0.243. The maximum absolute atomic E-state index is 14.5. The molecule has 206 valence electrons. The van der Waals surface area contributed by atoms with Crippen LogP contribution in [0.25, 0.3) is 22.6 Å². The Morgan fingerprint density at radius 3 is 2.52 bits per heavy atom. The molecule has 1 aromatic carbocycles. The van der Waals surface area contributed by atoms with Crippen molar-refractivity contribution in [2.45, 2.75) is 44.6 Å². The molecule has 0 radical (unpaired) electrons. The zero-order chi connectivity index (χ0) is 28.4. The van der Waals surface area contributed by atoms with E-state index in [1.807, 2.05) is 6.07 Å². The highest BCUT2D eigenvalue weighted by Gasteiger charge is 2.65. The largest absolute Gasteiger partial charge is 0.314 e. The molecule has 0 amide bonds. The minimum absolute atomic E-state index is 0.0613. The molecule has 40 heavy (non-hydrogen) atoms. The summed E-state index contributed by atoms with van der Waals surface area (Å²) in [6, 6.07) is 10.4. The SMILES string of the molecule is CC1(C)[C@H]2CC[C@@]1(c1ccnc(-c3ccn(CCS(C)(=O)=O)c(=O)c3)n1)c1nnc(-c3c(F)cccc3F)cc12. The summed E-state index contributed by atoms with van der Waals surface area (Å²) < 4.78 is 53.5. The molecule has 0 spiro atoms. The number of benzene rings is 1. The first-order valence-electron chi connectivity index (χ1n) is 13.0. The molecule has 11 heteroatoms. The van der Waals surface area contributed by atoms with E-state index in [-0.39, 0.29) is 40.4 Å². The molecule has 4 aromatic rings. The molecule has 2 aliphatic rings. The number of pyridine rings is 1. The van der Waals surface area contributed by atoms with E-state index in [0.29, 0.717) is 11.4 Å². The highest BCUT2D eigenvalue weighted by Crippen LogP contribution is 2.69. The minimum atomic E-state index is -3.21. The molecule has 2 aliphatic carbocycles. The summed E-state index contributed by atoms with van der Waals surface area (Å²) >= 11 is 0. The summed E-state index contributed by atoms with van der Waals surface area (Å²) in [7, 11) is -3.21. The van der Waals surface area contributed by atoms with Gasteiger partial charge in [0.25, 0.3) is 5.56 Å². The average molecular weight is 564 g/mol. The lowest BCUT2D eigenvalue weighted by Crippen LogP contribution is -2.38. The van der Waals surface area contributed by atoms with E-state index in [9.17, 15) is 22.0 Å². The molecule has 0 N–H and O–H groups in total. The Labute approximate surface area is 230 Å². The molecule has 3 aromatic heterocycles. The standard InChI is InChI=1S/C29H27F2N5O3S/c1-28(2)19-7-10-29(28,26-18(19)16-22(34-35-26)25-20(30)5-4-6-21(25)31)23-8-11-32-27(33-23)17-9-12-36(24(37)15-17)13-14-40(3,38)39/h4-6,8-9,11-12,15-16,19H,7,10,13-14H2,1-3H3/t19-,29+/m0/s1. The number of sulfone groups is 1. The van der Waals surface area contributed by atoms with Gasteiger partial charge in [-0.15, -0.1) is 5.10 Å². The fraction of sp³-hybridized carbons (Fsp3) is 0.345. The summed E-state index contributed by atoms with van der Waals surface area (Å²) in [5.74, 6) is -1.06. The normalized spacial score (nSPS) is 21.0. The maximum atomic E-state index is 14.5. The van der Waals surface area contributed by atoms with Gasteiger partial charge in [-0.25, -0.2) is 27.2 Å². The van der Waals surface area contributed by atoms with Crippen molar-refractivity contribution in [3.05, 3.63) is 93.8 Å². The van der Waals surface area contributed by atoms with E-state index < -0.39 is 26.9 Å². The fourth-order valence-electron chi connectivity index (χ4n) is 6.59. The van der Waals surface area contributed by atoms with Gasteiger partial charge in [0.15, 0.2) is 5.82 Å². The zero-order valence-corrected chi connectivity index (χ0v) is 23.0. The second-order valence-corrected chi connectivity index (χ2v) is 13.5. The first-order valence-corrected chi connectivity index (χ1v) is 15.0. The van der Waals surface area contributed by atoms with Crippen molar-refractivity contribution in [1.29, 1.82) is 0 Å². The molecule has 8 nitrogen and oxygen atoms in total.